The summed E-state index contributed by atoms with van der Waals surface area (Å²) in [6.07, 6.45) is 4.07. The lowest BCUT2D eigenvalue weighted by molar-refractivity contribution is 0.296. The molecule has 0 atom stereocenters. The first-order valence-electron chi connectivity index (χ1n) is 4.44. The van der Waals surface area contributed by atoms with Gasteiger partial charge in [0.15, 0.2) is 0 Å². The smallest absolute Gasteiger partial charge is 0.213 e. The number of rotatable bonds is 5. The second-order valence-electron chi connectivity index (χ2n) is 2.78. The average molecular weight is 255 g/mol. The molecule has 0 aliphatic heterocycles. The molecule has 3 nitrogen and oxygen atoms in total. The predicted octanol–water partition coefficient (Wildman–Crippen LogP) is 2.92. The monoisotopic (exact) mass is 254 g/mol. The van der Waals surface area contributed by atoms with Crippen LogP contribution in [0.2, 0.25) is 0 Å². The number of unbranched alkanes of at least 4 members (excludes halogenated alkanes) is 2. The normalized spacial score (nSPS) is 9.43. The number of hydrogen-bond donors (Lipinski definition) is 0. The molecular formula is C10H11BrN2O. The zero-order valence-electron chi connectivity index (χ0n) is 7.74. The average Bonchev–Trinajstić information content (AvgIpc) is 2.21. The van der Waals surface area contributed by atoms with Crippen molar-refractivity contribution < 1.29 is 4.74 Å². The Kier molecular flexibility index (Phi) is 5.02. The maximum atomic E-state index is 8.30. The van der Waals surface area contributed by atoms with Gasteiger partial charge in [-0.1, -0.05) is 0 Å². The van der Waals surface area contributed by atoms with Crippen molar-refractivity contribution in [1.82, 2.24) is 4.98 Å². The van der Waals surface area contributed by atoms with Gasteiger partial charge in [-0.3, -0.25) is 0 Å². The lowest BCUT2D eigenvalue weighted by Gasteiger charge is -2.03. The van der Waals surface area contributed by atoms with Crippen LogP contribution in [0.5, 0.6) is 5.88 Å². The molecule has 1 rings (SSSR count). The molecule has 0 unspecified atom stereocenters. The quantitative estimate of drug-likeness (QED) is 0.760. The lowest BCUT2D eigenvalue weighted by Crippen LogP contribution is -1.98. The van der Waals surface area contributed by atoms with Crippen LogP contribution in [0.25, 0.3) is 0 Å². The molecule has 74 valence electrons. The first-order valence-corrected chi connectivity index (χ1v) is 5.23. The van der Waals surface area contributed by atoms with Crippen LogP contribution in [0.3, 0.4) is 0 Å². The minimum atomic E-state index is 0.594. The van der Waals surface area contributed by atoms with Crippen molar-refractivity contribution in [2.75, 3.05) is 6.61 Å². The summed E-state index contributed by atoms with van der Waals surface area (Å²) in [6.45, 7) is 0.621. The Balaban J connectivity index is 2.19. The van der Waals surface area contributed by atoms with E-state index in [1.165, 1.54) is 0 Å². The number of nitriles is 1. The van der Waals surface area contributed by atoms with E-state index in [9.17, 15) is 0 Å². The number of nitrogens with zero attached hydrogens (tertiary/aromatic N) is 2. The summed E-state index contributed by atoms with van der Waals surface area (Å²) in [5.74, 6) is 0.630. The van der Waals surface area contributed by atoms with E-state index >= 15 is 0 Å². The van der Waals surface area contributed by atoms with Crippen molar-refractivity contribution in [1.29, 1.82) is 5.26 Å². The molecule has 0 radical (unpaired) electrons. The highest BCUT2D eigenvalue weighted by atomic mass is 79.9. The topological polar surface area (TPSA) is 45.9 Å². The van der Waals surface area contributed by atoms with Gasteiger partial charge >= 0.3 is 0 Å². The molecule has 0 spiro atoms. The van der Waals surface area contributed by atoms with Crippen LogP contribution >= 0.6 is 15.9 Å². The van der Waals surface area contributed by atoms with Crippen LogP contribution in [0.15, 0.2) is 22.8 Å². The molecule has 4 heteroatoms. The van der Waals surface area contributed by atoms with Crippen molar-refractivity contribution in [3.8, 4) is 11.9 Å². The zero-order valence-corrected chi connectivity index (χ0v) is 9.33. The summed E-state index contributed by atoms with van der Waals surface area (Å²) in [6, 6.07) is 5.80. The molecule has 0 aliphatic rings. The van der Waals surface area contributed by atoms with Gasteiger partial charge in [-0.25, -0.2) is 4.98 Å². The summed E-state index contributed by atoms with van der Waals surface area (Å²) >= 11 is 3.29. The molecular weight excluding hydrogens is 244 g/mol. The van der Waals surface area contributed by atoms with Crippen molar-refractivity contribution in [3.63, 3.8) is 0 Å². The Bertz CT molecular complexity index is 305. The predicted molar refractivity (Wildman–Crippen MR) is 56.9 cm³/mol. The van der Waals surface area contributed by atoms with E-state index in [4.69, 9.17) is 10.00 Å². The highest BCUT2D eigenvalue weighted by Gasteiger charge is 1.94. The highest BCUT2D eigenvalue weighted by Crippen LogP contribution is 2.12. The van der Waals surface area contributed by atoms with Gasteiger partial charge in [-0.05, 0) is 34.8 Å². The molecule has 1 aromatic rings. The summed E-state index contributed by atoms with van der Waals surface area (Å²) in [5.41, 5.74) is 0. The molecule has 1 heterocycles. The van der Waals surface area contributed by atoms with Gasteiger partial charge in [-0.15, -0.1) is 0 Å². The minimum Gasteiger partial charge on any atom is -0.478 e. The lowest BCUT2D eigenvalue weighted by atomic mass is 10.3. The molecule has 1 aromatic heterocycles. The fraction of sp³-hybridized carbons (Fsp3) is 0.400. The molecule has 0 saturated heterocycles. The van der Waals surface area contributed by atoms with Crippen LogP contribution in [0.4, 0.5) is 0 Å². The summed E-state index contributed by atoms with van der Waals surface area (Å²) in [7, 11) is 0. The van der Waals surface area contributed by atoms with Gasteiger partial charge in [0, 0.05) is 23.2 Å². The van der Waals surface area contributed by atoms with Gasteiger partial charge in [0.05, 0.1) is 12.7 Å². The first-order chi connectivity index (χ1) is 6.83. The molecule has 0 bridgehead atoms. The van der Waals surface area contributed by atoms with Crippen LogP contribution in [0, 0.1) is 11.3 Å². The van der Waals surface area contributed by atoms with Crippen LogP contribution in [-0.2, 0) is 0 Å². The fourth-order valence-corrected chi connectivity index (χ4v) is 1.17. The molecule has 0 aromatic carbocycles. The minimum absolute atomic E-state index is 0.594. The SMILES string of the molecule is N#CCCCCOc1ccc(Br)cn1. The number of ether oxygens (including phenoxy) is 1. The second kappa shape index (κ2) is 6.39. The molecule has 0 N–H and O–H groups in total. The van der Waals surface area contributed by atoms with Crippen LogP contribution in [-0.4, -0.2) is 11.6 Å². The Morgan fingerprint density at radius 2 is 2.29 bits per heavy atom. The van der Waals surface area contributed by atoms with Gasteiger partial charge < -0.3 is 4.74 Å². The van der Waals surface area contributed by atoms with Gasteiger partial charge in [-0.2, -0.15) is 5.26 Å². The number of halogens is 1. The van der Waals surface area contributed by atoms with Crippen molar-refractivity contribution in [2.24, 2.45) is 0 Å². The maximum absolute atomic E-state index is 8.30. The van der Waals surface area contributed by atoms with Gasteiger partial charge in [0.1, 0.15) is 0 Å². The van der Waals surface area contributed by atoms with Gasteiger partial charge in [0.2, 0.25) is 5.88 Å². The van der Waals surface area contributed by atoms with Gasteiger partial charge in [0.25, 0.3) is 0 Å². The number of pyridine rings is 1. The molecule has 0 saturated carbocycles. The molecule has 0 fully saturated rings. The third-order valence-electron chi connectivity index (χ3n) is 1.63. The van der Waals surface area contributed by atoms with E-state index < -0.39 is 0 Å². The molecule has 14 heavy (non-hydrogen) atoms. The second-order valence-corrected chi connectivity index (χ2v) is 3.69. The van der Waals surface area contributed by atoms with E-state index in [2.05, 4.69) is 27.0 Å². The van der Waals surface area contributed by atoms with E-state index in [-0.39, 0.29) is 0 Å². The third-order valence-corrected chi connectivity index (χ3v) is 2.10. The summed E-state index contributed by atoms with van der Waals surface area (Å²) < 4.78 is 6.31. The van der Waals surface area contributed by atoms with E-state index in [0.717, 1.165) is 17.3 Å². The largest absolute Gasteiger partial charge is 0.478 e. The molecule has 0 aliphatic carbocycles. The van der Waals surface area contributed by atoms with Crippen molar-refractivity contribution in [3.05, 3.63) is 22.8 Å². The first kappa shape index (κ1) is 11.0. The third kappa shape index (κ3) is 4.24. The Labute approximate surface area is 91.8 Å². The Morgan fingerprint density at radius 1 is 1.43 bits per heavy atom. The Morgan fingerprint density at radius 3 is 2.93 bits per heavy atom. The van der Waals surface area contributed by atoms with Crippen molar-refractivity contribution in [2.45, 2.75) is 19.3 Å². The number of hydrogen-bond acceptors (Lipinski definition) is 3. The summed E-state index contributed by atoms with van der Waals surface area (Å²) in [5, 5.41) is 8.30. The highest BCUT2D eigenvalue weighted by molar-refractivity contribution is 9.10. The van der Waals surface area contributed by atoms with E-state index in [1.807, 2.05) is 12.1 Å². The zero-order chi connectivity index (χ0) is 10.2. The maximum Gasteiger partial charge on any atom is 0.213 e. The van der Waals surface area contributed by atoms with E-state index in [1.54, 1.807) is 6.20 Å². The van der Waals surface area contributed by atoms with Crippen LogP contribution in [0.1, 0.15) is 19.3 Å². The van der Waals surface area contributed by atoms with E-state index in [0.29, 0.717) is 18.9 Å². The standard InChI is InChI=1S/C10H11BrN2O/c11-9-4-5-10(13-8-9)14-7-3-1-2-6-12/h4-5,8H,1-3,7H2. The Hall–Kier alpha value is -1.08. The van der Waals surface area contributed by atoms with Crippen LogP contribution < -0.4 is 4.74 Å². The number of aromatic nitrogens is 1. The fourth-order valence-electron chi connectivity index (χ4n) is 0.930. The molecule has 0 amide bonds. The van der Waals surface area contributed by atoms with Crippen molar-refractivity contribution >= 4 is 15.9 Å². The summed E-state index contributed by atoms with van der Waals surface area (Å²) in [4.78, 5) is 4.06.